The zero-order valence-electron chi connectivity index (χ0n) is 16.3. The molecule has 0 aliphatic heterocycles. The summed E-state index contributed by atoms with van der Waals surface area (Å²) in [5, 5.41) is 16.1. The molecule has 0 radical (unpaired) electrons. The molecule has 5 heterocycles. The fourth-order valence-corrected chi connectivity index (χ4v) is 3.00. The van der Waals surface area contributed by atoms with E-state index < -0.39 is 11.7 Å². The minimum atomic E-state index is -3.19. The van der Waals surface area contributed by atoms with Crippen LogP contribution in [0, 0.1) is 18.8 Å². The number of hydrogen-bond donors (Lipinski definition) is 0. The number of fused-ring (bicyclic) bond motifs is 2. The highest BCUT2D eigenvalue weighted by molar-refractivity contribution is 5.85. The number of hydrogen-bond acceptors (Lipinski definition) is 8. The van der Waals surface area contributed by atoms with Crippen LogP contribution in [-0.2, 0) is 12.3 Å². The lowest BCUT2D eigenvalue weighted by molar-refractivity contribution is 0.00559. The van der Waals surface area contributed by atoms with Crippen molar-refractivity contribution in [2.75, 3.05) is 0 Å². The van der Waals surface area contributed by atoms with Crippen LogP contribution in [0.15, 0.2) is 39.6 Å². The lowest BCUT2D eigenvalue weighted by Crippen LogP contribution is -2.09. The van der Waals surface area contributed by atoms with Gasteiger partial charge in [-0.05, 0) is 25.0 Å². The molecule has 0 aliphatic carbocycles. The Hall–Kier alpha value is -4.20. The number of halogens is 2. The van der Waals surface area contributed by atoms with Crippen molar-refractivity contribution in [3.8, 4) is 11.8 Å². The van der Waals surface area contributed by atoms with Crippen LogP contribution in [0.25, 0.3) is 16.6 Å². The first-order chi connectivity index (χ1) is 14.9. The maximum absolute atomic E-state index is 13.3. The van der Waals surface area contributed by atoms with Crippen LogP contribution in [0.2, 0.25) is 0 Å². The Morgan fingerprint density at radius 2 is 2.00 bits per heavy atom. The van der Waals surface area contributed by atoms with Gasteiger partial charge < -0.3 is 9.05 Å². The van der Waals surface area contributed by atoms with Crippen LogP contribution < -0.4 is 0 Å². The second kappa shape index (κ2) is 6.94. The van der Waals surface area contributed by atoms with Crippen LogP contribution in [-0.4, -0.2) is 34.9 Å². The maximum Gasteiger partial charge on any atom is 0.307 e. The van der Waals surface area contributed by atoms with Crippen molar-refractivity contribution >= 4 is 16.6 Å². The minimum absolute atomic E-state index is 0.00476. The molecule has 0 saturated carbocycles. The Morgan fingerprint density at radius 1 is 1.13 bits per heavy atom. The molecule has 0 bridgehead atoms. The zero-order valence-corrected chi connectivity index (χ0v) is 16.3. The van der Waals surface area contributed by atoms with Crippen molar-refractivity contribution in [1.29, 1.82) is 0 Å². The molecule has 11 heteroatoms. The Morgan fingerprint density at radius 3 is 2.81 bits per heavy atom. The van der Waals surface area contributed by atoms with Crippen molar-refractivity contribution in [3.05, 3.63) is 65.1 Å². The summed E-state index contributed by atoms with van der Waals surface area (Å²) in [4.78, 5) is 8.08. The van der Waals surface area contributed by atoms with E-state index in [1.165, 1.54) is 0 Å². The minimum Gasteiger partial charge on any atom is -0.355 e. The quantitative estimate of drug-likeness (QED) is 0.409. The summed E-state index contributed by atoms with van der Waals surface area (Å²) in [5.41, 5.74) is 2.70. The number of aromatic nitrogens is 7. The molecule has 31 heavy (non-hydrogen) atoms. The maximum atomic E-state index is 13.3. The molecule has 5 aromatic rings. The van der Waals surface area contributed by atoms with Gasteiger partial charge in [0.25, 0.3) is 0 Å². The molecule has 0 fully saturated rings. The molecule has 5 aromatic heterocycles. The SMILES string of the molecule is Cc1ncc2c(Cc3nc(C(C)(F)F)no3)noc2c1C#Cc1nnc2ccccn12. The van der Waals surface area contributed by atoms with Gasteiger partial charge in [0.1, 0.15) is 5.69 Å². The first kappa shape index (κ1) is 18.8. The third kappa shape index (κ3) is 3.38. The highest BCUT2D eigenvalue weighted by atomic mass is 19.3. The largest absolute Gasteiger partial charge is 0.355 e. The molecular weight excluding hydrogens is 408 g/mol. The van der Waals surface area contributed by atoms with E-state index in [9.17, 15) is 8.78 Å². The van der Waals surface area contributed by atoms with Crippen LogP contribution in [0.4, 0.5) is 8.78 Å². The number of nitrogens with zero attached hydrogens (tertiary/aromatic N) is 7. The van der Waals surface area contributed by atoms with Crippen LogP contribution in [0.3, 0.4) is 0 Å². The molecule has 0 atom stereocenters. The number of pyridine rings is 2. The highest BCUT2D eigenvalue weighted by Crippen LogP contribution is 2.27. The van der Waals surface area contributed by atoms with Gasteiger partial charge in [-0.2, -0.15) is 13.8 Å². The van der Waals surface area contributed by atoms with E-state index in [1.807, 2.05) is 24.4 Å². The van der Waals surface area contributed by atoms with Crippen LogP contribution in [0.1, 0.15) is 41.4 Å². The average Bonchev–Trinajstić information content (AvgIpc) is 3.46. The monoisotopic (exact) mass is 421 g/mol. The van der Waals surface area contributed by atoms with Gasteiger partial charge in [0.15, 0.2) is 11.2 Å². The topological polar surface area (TPSA) is 108 Å². The third-order valence-corrected chi connectivity index (χ3v) is 4.57. The Balaban J connectivity index is 1.52. The molecule has 154 valence electrons. The van der Waals surface area contributed by atoms with E-state index in [2.05, 4.69) is 42.3 Å². The Bertz CT molecular complexity index is 1480. The first-order valence-electron chi connectivity index (χ1n) is 9.16. The second-order valence-corrected chi connectivity index (χ2v) is 6.87. The van der Waals surface area contributed by atoms with E-state index in [4.69, 9.17) is 9.05 Å². The van der Waals surface area contributed by atoms with Gasteiger partial charge in [-0.15, -0.1) is 10.2 Å². The fourth-order valence-electron chi connectivity index (χ4n) is 3.00. The van der Waals surface area contributed by atoms with Crippen molar-refractivity contribution in [2.24, 2.45) is 0 Å². The molecule has 0 unspecified atom stereocenters. The molecule has 0 spiro atoms. The molecule has 0 aromatic carbocycles. The van der Waals surface area contributed by atoms with Crippen LogP contribution in [0.5, 0.6) is 0 Å². The predicted octanol–water partition coefficient (Wildman–Crippen LogP) is 3.06. The standard InChI is InChI=1S/C20H13F2N7O2/c1-11-12(6-7-16-26-25-15-5-3-4-8-29(15)16)18-13(10-23-11)14(27-31-18)9-17-24-19(28-30-17)20(2,21)22/h3-5,8,10H,9H2,1-2H3. The molecule has 0 saturated heterocycles. The number of alkyl halides is 2. The van der Waals surface area contributed by atoms with Crippen molar-refractivity contribution in [1.82, 2.24) is 34.9 Å². The molecule has 0 N–H and O–H groups in total. The number of aryl methyl sites for hydroxylation is 1. The van der Waals surface area contributed by atoms with Crippen LogP contribution >= 0.6 is 0 Å². The lowest BCUT2D eigenvalue weighted by Gasteiger charge is -2.01. The smallest absolute Gasteiger partial charge is 0.307 e. The first-order valence-corrected chi connectivity index (χ1v) is 9.16. The van der Waals surface area contributed by atoms with Gasteiger partial charge in [0.2, 0.25) is 17.5 Å². The van der Waals surface area contributed by atoms with Gasteiger partial charge in [-0.3, -0.25) is 9.38 Å². The van der Waals surface area contributed by atoms with E-state index in [0.717, 1.165) is 0 Å². The summed E-state index contributed by atoms with van der Waals surface area (Å²) in [7, 11) is 0. The van der Waals surface area contributed by atoms with Gasteiger partial charge in [-0.1, -0.05) is 22.3 Å². The normalized spacial score (nSPS) is 11.7. The Kier molecular flexibility index (Phi) is 4.21. The molecule has 0 amide bonds. The number of rotatable bonds is 3. The van der Waals surface area contributed by atoms with Crippen molar-refractivity contribution in [3.63, 3.8) is 0 Å². The second-order valence-electron chi connectivity index (χ2n) is 6.87. The fraction of sp³-hybridized carbons (Fsp3) is 0.200. The van der Waals surface area contributed by atoms with E-state index in [-0.39, 0.29) is 12.3 Å². The van der Waals surface area contributed by atoms with Crippen molar-refractivity contribution < 1.29 is 17.8 Å². The summed E-state index contributed by atoms with van der Waals surface area (Å²) < 4.78 is 38.8. The van der Waals surface area contributed by atoms with E-state index in [0.29, 0.717) is 46.3 Å². The van der Waals surface area contributed by atoms with Gasteiger partial charge in [0.05, 0.1) is 23.1 Å². The van der Waals surface area contributed by atoms with Crippen molar-refractivity contribution in [2.45, 2.75) is 26.2 Å². The van der Waals surface area contributed by atoms with Gasteiger partial charge >= 0.3 is 5.92 Å². The van der Waals surface area contributed by atoms with Gasteiger partial charge in [0, 0.05) is 19.3 Å². The van der Waals surface area contributed by atoms with E-state index in [1.54, 1.807) is 17.5 Å². The lowest BCUT2D eigenvalue weighted by atomic mass is 10.1. The zero-order chi connectivity index (χ0) is 21.6. The van der Waals surface area contributed by atoms with E-state index >= 15 is 0 Å². The predicted molar refractivity (Wildman–Crippen MR) is 102 cm³/mol. The van der Waals surface area contributed by atoms with Gasteiger partial charge in [-0.25, -0.2) is 0 Å². The average molecular weight is 421 g/mol. The third-order valence-electron chi connectivity index (χ3n) is 4.57. The molecule has 5 rings (SSSR count). The summed E-state index contributed by atoms with van der Waals surface area (Å²) in [5.74, 6) is 2.60. The molecule has 9 nitrogen and oxygen atoms in total. The summed E-state index contributed by atoms with van der Waals surface area (Å²) in [6.45, 7) is 2.49. The summed E-state index contributed by atoms with van der Waals surface area (Å²) in [6.07, 6.45) is 3.42. The summed E-state index contributed by atoms with van der Waals surface area (Å²) >= 11 is 0. The molecular formula is C20H13F2N7O2. The molecule has 0 aliphatic rings. The highest BCUT2D eigenvalue weighted by Gasteiger charge is 2.31. The summed E-state index contributed by atoms with van der Waals surface area (Å²) in [6, 6.07) is 5.54. The Labute approximate surface area is 173 Å².